The molecule has 3 rings (SSSR count). The van der Waals surface area contributed by atoms with Gasteiger partial charge in [-0.3, -0.25) is 4.79 Å². The van der Waals surface area contributed by atoms with Gasteiger partial charge in [0, 0.05) is 31.1 Å². The Hall–Kier alpha value is -2.15. The van der Waals surface area contributed by atoms with Gasteiger partial charge in [-0.05, 0) is 38.8 Å². The maximum Gasteiger partial charge on any atom is 0.228 e. The molecule has 1 fully saturated rings. The van der Waals surface area contributed by atoms with Crippen molar-refractivity contribution in [1.82, 2.24) is 20.0 Å². The summed E-state index contributed by atoms with van der Waals surface area (Å²) >= 11 is 5.77. The quantitative estimate of drug-likeness (QED) is 0.919. The van der Waals surface area contributed by atoms with E-state index in [0.29, 0.717) is 5.15 Å². The van der Waals surface area contributed by atoms with Gasteiger partial charge in [0.2, 0.25) is 5.91 Å². The molecule has 1 aliphatic rings. The molecule has 0 aromatic carbocycles. The number of hydrogen-bond acceptors (Lipinski definition) is 5. The Kier molecular flexibility index (Phi) is 4.99. The van der Waals surface area contributed by atoms with Crippen LogP contribution in [-0.2, 0) is 4.79 Å². The number of aromatic nitrogens is 4. The van der Waals surface area contributed by atoms with Gasteiger partial charge in [-0.25, -0.2) is 4.68 Å². The minimum atomic E-state index is -0.00276. The monoisotopic (exact) mass is 348 g/mol. The Morgan fingerprint density at radius 2 is 2.00 bits per heavy atom. The molecule has 24 heavy (non-hydrogen) atoms. The predicted octanol–water partition coefficient (Wildman–Crippen LogP) is 2.76. The second kappa shape index (κ2) is 7.17. The maximum absolute atomic E-state index is 12.5. The number of halogens is 1. The van der Waals surface area contributed by atoms with E-state index < -0.39 is 0 Å². The lowest BCUT2D eigenvalue weighted by Crippen LogP contribution is -2.38. The third-order valence-electron chi connectivity index (χ3n) is 4.22. The third kappa shape index (κ3) is 3.67. The summed E-state index contributed by atoms with van der Waals surface area (Å²) in [4.78, 5) is 14.6. The summed E-state index contributed by atoms with van der Waals surface area (Å²) in [6, 6.07) is 5.63. The molecule has 8 heteroatoms. The number of piperidine rings is 1. The van der Waals surface area contributed by atoms with E-state index in [1.807, 2.05) is 30.7 Å². The van der Waals surface area contributed by atoms with Crippen LogP contribution in [0.25, 0.3) is 0 Å². The molecule has 0 bridgehead atoms. The van der Waals surface area contributed by atoms with Crippen molar-refractivity contribution in [1.29, 1.82) is 0 Å². The second-order valence-electron chi connectivity index (χ2n) is 6.22. The highest BCUT2D eigenvalue weighted by Gasteiger charge is 2.26. The van der Waals surface area contributed by atoms with Crippen LogP contribution in [0.1, 0.15) is 32.7 Å². The molecule has 128 valence electrons. The SMILES string of the molecule is CC(C)n1nccc1NC(=O)C1CCN(c2ccc(Cl)nn2)CC1. The average Bonchev–Trinajstić information content (AvgIpc) is 3.04. The van der Waals surface area contributed by atoms with Gasteiger partial charge in [-0.1, -0.05) is 11.6 Å². The van der Waals surface area contributed by atoms with E-state index >= 15 is 0 Å². The van der Waals surface area contributed by atoms with E-state index in [4.69, 9.17) is 11.6 Å². The number of rotatable bonds is 4. The van der Waals surface area contributed by atoms with E-state index in [-0.39, 0.29) is 17.9 Å². The third-order valence-corrected chi connectivity index (χ3v) is 4.42. The van der Waals surface area contributed by atoms with E-state index in [0.717, 1.165) is 37.6 Å². The number of anilines is 2. The topological polar surface area (TPSA) is 75.9 Å². The summed E-state index contributed by atoms with van der Waals surface area (Å²) in [6.45, 7) is 5.62. The summed E-state index contributed by atoms with van der Waals surface area (Å²) in [5.74, 6) is 1.61. The molecular formula is C16H21ClN6O. The molecular weight excluding hydrogens is 328 g/mol. The highest BCUT2D eigenvalue weighted by Crippen LogP contribution is 2.23. The van der Waals surface area contributed by atoms with Crippen molar-refractivity contribution in [3.05, 3.63) is 29.5 Å². The molecule has 3 heterocycles. The summed E-state index contributed by atoms with van der Waals surface area (Å²) in [7, 11) is 0. The summed E-state index contributed by atoms with van der Waals surface area (Å²) in [6.07, 6.45) is 3.27. The zero-order valence-electron chi connectivity index (χ0n) is 13.8. The number of amides is 1. The van der Waals surface area contributed by atoms with Crippen LogP contribution in [0.4, 0.5) is 11.6 Å². The molecule has 0 aliphatic carbocycles. The first kappa shape index (κ1) is 16.7. The van der Waals surface area contributed by atoms with E-state index in [1.165, 1.54) is 0 Å². The zero-order chi connectivity index (χ0) is 17.1. The Morgan fingerprint density at radius 1 is 1.25 bits per heavy atom. The first-order chi connectivity index (χ1) is 11.5. The van der Waals surface area contributed by atoms with Gasteiger partial charge in [0.25, 0.3) is 0 Å². The molecule has 1 amide bonds. The number of carbonyl (C=O) groups is 1. The van der Waals surface area contributed by atoms with Crippen molar-refractivity contribution in [3.8, 4) is 0 Å². The van der Waals surface area contributed by atoms with Crippen molar-refractivity contribution < 1.29 is 4.79 Å². The fourth-order valence-corrected chi connectivity index (χ4v) is 3.00. The lowest BCUT2D eigenvalue weighted by molar-refractivity contribution is -0.120. The summed E-state index contributed by atoms with van der Waals surface area (Å²) in [5.41, 5.74) is 0. The van der Waals surface area contributed by atoms with Crippen LogP contribution >= 0.6 is 11.6 Å². The van der Waals surface area contributed by atoms with Crippen LogP contribution in [-0.4, -0.2) is 39.0 Å². The van der Waals surface area contributed by atoms with Crippen molar-refractivity contribution in [2.45, 2.75) is 32.7 Å². The normalized spacial score (nSPS) is 15.8. The maximum atomic E-state index is 12.5. The molecule has 0 radical (unpaired) electrons. The van der Waals surface area contributed by atoms with Gasteiger partial charge in [0.15, 0.2) is 11.0 Å². The number of carbonyl (C=O) groups excluding carboxylic acids is 1. The van der Waals surface area contributed by atoms with Gasteiger partial charge in [-0.2, -0.15) is 5.10 Å². The second-order valence-corrected chi connectivity index (χ2v) is 6.61. The minimum Gasteiger partial charge on any atom is -0.355 e. The van der Waals surface area contributed by atoms with Gasteiger partial charge >= 0.3 is 0 Å². The highest BCUT2D eigenvalue weighted by molar-refractivity contribution is 6.29. The molecule has 1 aliphatic heterocycles. The van der Waals surface area contributed by atoms with Crippen LogP contribution in [0.5, 0.6) is 0 Å². The van der Waals surface area contributed by atoms with Crippen LogP contribution in [0.2, 0.25) is 5.15 Å². The molecule has 0 unspecified atom stereocenters. The van der Waals surface area contributed by atoms with Gasteiger partial charge in [0.1, 0.15) is 5.82 Å². The average molecular weight is 349 g/mol. The molecule has 0 spiro atoms. The molecule has 2 aromatic heterocycles. The molecule has 2 aromatic rings. The lowest BCUT2D eigenvalue weighted by Gasteiger charge is -2.31. The van der Waals surface area contributed by atoms with Crippen LogP contribution in [0.15, 0.2) is 24.4 Å². The zero-order valence-corrected chi connectivity index (χ0v) is 14.6. The Bertz CT molecular complexity index is 691. The minimum absolute atomic E-state index is 0.00276. The van der Waals surface area contributed by atoms with Crippen molar-refractivity contribution in [2.24, 2.45) is 5.92 Å². The van der Waals surface area contributed by atoms with E-state index in [9.17, 15) is 4.79 Å². The van der Waals surface area contributed by atoms with Crippen LogP contribution in [0, 0.1) is 5.92 Å². The molecule has 0 atom stereocenters. The fraction of sp³-hybridized carbons (Fsp3) is 0.500. The Morgan fingerprint density at radius 3 is 2.62 bits per heavy atom. The molecule has 1 N–H and O–H groups in total. The fourth-order valence-electron chi connectivity index (χ4n) is 2.90. The van der Waals surface area contributed by atoms with Gasteiger partial charge in [0.05, 0.1) is 6.20 Å². The van der Waals surface area contributed by atoms with Crippen LogP contribution in [0.3, 0.4) is 0 Å². The lowest BCUT2D eigenvalue weighted by atomic mass is 9.96. The van der Waals surface area contributed by atoms with Gasteiger partial charge < -0.3 is 10.2 Å². The number of nitrogens with one attached hydrogen (secondary N) is 1. The van der Waals surface area contributed by atoms with Crippen LogP contribution < -0.4 is 10.2 Å². The van der Waals surface area contributed by atoms with Gasteiger partial charge in [-0.15, -0.1) is 10.2 Å². The first-order valence-corrected chi connectivity index (χ1v) is 8.51. The largest absolute Gasteiger partial charge is 0.355 e. The van der Waals surface area contributed by atoms with Crippen molar-refractivity contribution >= 4 is 29.1 Å². The standard InChI is InChI=1S/C16H21ClN6O/c1-11(2)23-14(5-8-18-23)19-16(24)12-6-9-22(10-7-12)15-4-3-13(17)20-21-15/h3-5,8,11-12H,6-7,9-10H2,1-2H3,(H,19,24). The smallest absolute Gasteiger partial charge is 0.228 e. The number of hydrogen-bond donors (Lipinski definition) is 1. The summed E-state index contributed by atoms with van der Waals surface area (Å²) in [5, 5.41) is 15.6. The van der Waals surface area contributed by atoms with Crippen molar-refractivity contribution in [2.75, 3.05) is 23.3 Å². The first-order valence-electron chi connectivity index (χ1n) is 8.13. The Balaban J connectivity index is 1.57. The van der Waals surface area contributed by atoms with E-state index in [1.54, 1.807) is 12.3 Å². The van der Waals surface area contributed by atoms with Crippen molar-refractivity contribution in [3.63, 3.8) is 0 Å². The summed E-state index contributed by atoms with van der Waals surface area (Å²) < 4.78 is 1.82. The molecule has 1 saturated heterocycles. The molecule has 0 saturated carbocycles. The molecule has 7 nitrogen and oxygen atoms in total. The number of nitrogens with zero attached hydrogens (tertiary/aromatic N) is 5. The van der Waals surface area contributed by atoms with E-state index in [2.05, 4.69) is 25.5 Å². The highest BCUT2D eigenvalue weighted by atomic mass is 35.5. The Labute approximate surface area is 146 Å². The predicted molar refractivity (Wildman–Crippen MR) is 93.2 cm³/mol.